The fourth-order valence-electron chi connectivity index (χ4n) is 6.37. The standard InChI is InChI=1S/C20H21.C9H7.C2H7Si.2ClH.Zr/c1-3-4-6-16-9-11-17(12-10-16)19-8-5-7-18-13-15(2)14-20(18)19;1-2-5-9-7-3-6-8(9)4-1;1-3-2;;;/h5,7-14H,3-4,6H2,1-2H3;1-7H;3H,1-2H3;2*1H;/q;;;;;+2/p-2. The van der Waals surface area contributed by atoms with Crippen molar-refractivity contribution in [1.82, 2.24) is 0 Å². The van der Waals surface area contributed by atoms with Crippen LogP contribution in [0, 0.1) is 0 Å². The van der Waals surface area contributed by atoms with E-state index in [9.17, 15) is 0 Å². The Hall–Kier alpha value is -1.18. The van der Waals surface area contributed by atoms with Crippen LogP contribution >= 0.6 is 17.0 Å². The number of hydrogen-bond acceptors (Lipinski definition) is 0. The van der Waals surface area contributed by atoms with Gasteiger partial charge in [0.25, 0.3) is 0 Å². The van der Waals surface area contributed by atoms with Crippen LogP contribution in [0.25, 0.3) is 23.3 Å². The molecular formula is C31H35Cl2SiZr. The van der Waals surface area contributed by atoms with Gasteiger partial charge in [-0.15, -0.1) is 0 Å². The second-order valence-corrected chi connectivity index (χ2v) is 53.4. The summed E-state index contributed by atoms with van der Waals surface area (Å²) in [5.41, 5.74) is 10.6. The van der Waals surface area contributed by atoms with Crippen molar-refractivity contribution in [2.24, 2.45) is 0 Å². The summed E-state index contributed by atoms with van der Waals surface area (Å²) < 4.78 is 0.328. The number of unbranched alkanes of at least 4 members (excludes halogenated alkanes) is 1. The van der Waals surface area contributed by atoms with Gasteiger partial charge in [0.05, 0.1) is 0 Å². The van der Waals surface area contributed by atoms with E-state index < -0.39 is 21.5 Å². The molecule has 5 rings (SSSR count). The number of allylic oxidation sites excluding steroid dienone is 2. The summed E-state index contributed by atoms with van der Waals surface area (Å²) in [6.45, 7) is 9.30. The second-order valence-electron chi connectivity index (χ2n) is 10.8. The van der Waals surface area contributed by atoms with E-state index in [2.05, 4.69) is 112 Å². The van der Waals surface area contributed by atoms with E-state index in [1.54, 1.807) is 0 Å². The Bertz CT molecular complexity index is 1320. The maximum absolute atomic E-state index is 8.10. The van der Waals surface area contributed by atoms with Gasteiger partial charge in [-0.3, -0.25) is 0 Å². The van der Waals surface area contributed by atoms with Crippen molar-refractivity contribution in [2.45, 2.75) is 53.5 Å². The van der Waals surface area contributed by atoms with Crippen molar-refractivity contribution >= 4 is 35.1 Å². The molecule has 0 aromatic heterocycles. The fourth-order valence-corrected chi connectivity index (χ4v) is 36.5. The summed E-state index contributed by atoms with van der Waals surface area (Å²) in [5, 5.41) is 0. The molecule has 181 valence electrons. The molecule has 0 spiro atoms. The van der Waals surface area contributed by atoms with Crippen molar-refractivity contribution in [1.29, 1.82) is 0 Å². The van der Waals surface area contributed by atoms with E-state index in [1.165, 1.54) is 57.4 Å². The molecule has 3 aromatic rings. The summed E-state index contributed by atoms with van der Waals surface area (Å²) in [7, 11) is 16.2. The van der Waals surface area contributed by atoms with E-state index >= 15 is 0 Å². The third kappa shape index (κ3) is 4.14. The van der Waals surface area contributed by atoms with Crippen molar-refractivity contribution in [2.75, 3.05) is 0 Å². The molecule has 0 radical (unpaired) electrons. The average Bonchev–Trinajstić information content (AvgIpc) is 3.44. The first-order valence-corrected chi connectivity index (χ1v) is 29.3. The van der Waals surface area contributed by atoms with Crippen LogP contribution in [0.4, 0.5) is 0 Å². The molecule has 4 heteroatoms. The Labute approximate surface area is 219 Å². The predicted octanol–water partition coefficient (Wildman–Crippen LogP) is 9.90. The third-order valence-corrected chi connectivity index (χ3v) is 60.6. The summed E-state index contributed by atoms with van der Waals surface area (Å²) in [5.74, 6) is -1.44. The molecule has 2 aliphatic carbocycles. The maximum atomic E-state index is 8.10. The summed E-state index contributed by atoms with van der Waals surface area (Å²) in [6, 6.07) is 24.6. The van der Waals surface area contributed by atoms with Gasteiger partial charge in [0.15, 0.2) is 0 Å². The minimum absolute atomic E-state index is 0.158. The van der Waals surface area contributed by atoms with Gasteiger partial charge in [0, 0.05) is 0 Å². The molecule has 0 fully saturated rings. The number of hydrogen-bond donors (Lipinski definition) is 0. The van der Waals surface area contributed by atoms with E-state index in [0.717, 1.165) is 6.42 Å². The third-order valence-electron chi connectivity index (χ3n) is 8.41. The number of benzene rings is 3. The zero-order valence-corrected chi connectivity index (χ0v) is 26.3. The molecule has 0 heterocycles. The Balaban J connectivity index is 1.61. The van der Waals surface area contributed by atoms with Crippen LogP contribution in [0.2, 0.25) is 13.1 Å². The van der Waals surface area contributed by atoms with E-state index in [4.69, 9.17) is 17.0 Å². The molecule has 0 saturated heterocycles. The number of halogens is 2. The number of rotatable bonds is 7. The van der Waals surface area contributed by atoms with Gasteiger partial charge < -0.3 is 0 Å². The van der Waals surface area contributed by atoms with E-state index in [0.29, 0.717) is 0 Å². The Morgan fingerprint density at radius 1 is 0.886 bits per heavy atom. The van der Waals surface area contributed by atoms with Crippen molar-refractivity contribution in [3.8, 4) is 11.1 Å². The van der Waals surface area contributed by atoms with Gasteiger partial charge in [-0.1, -0.05) is 0 Å². The molecule has 2 atom stereocenters. The van der Waals surface area contributed by atoms with Gasteiger partial charge in [-0.25, -0.2) is 0 Å². The monoisotopic (exact) mass is 595 g/mol. The average molecular weight is 598 g/mol. The molecule has 0 nitrogen and oxygen atoms in total. The zero-order valence-electron chi connectivity index (χ0n) is 21.2. The Morgan fingerprint density at radius 2 is 1.60 bits per heavy atom. The topological polar surface area (TPSA) is 0 Å². The molecule has 35 heavy (non-hydrogen) atoms. The summed E-state index contributed by atoms with van der Waals surface area (Å²) in [6.07, 6.45) is 10.6. The van der Waals surface area contributed by atoms with Crippen LogP contribution in [0.3, 0.4) is 0 Å². The van der Waals surface area contributed by atoms with Gasteiger partial charge in [0.2, 0.25) is 0 Å². The number of fused-ring (bicyclic) bond motifs is 2. The van der Waals surface area contributed by atoms with E-state index in [1.807, 2.05) is 0 Å². The molecule has 0 aliphatic heterocycles. The summed E-state index contributed by atoms with van der Waals surface area (Å²) in [4.78, 5) is 0. The summed E-state index contributed by atoms with van der Waals surface area (Å²) >= 11 is -4.43. The molecule has 2 aliphatic rings. The first-order valence-electron chi connectivity index (χ1n) is 13.0. The zero-order chi connectivity index (χ0) is 24.8. The molecule has 0 N–H and O–H groups in total. The molecule has 2 unspecified atom stereocenters. The van der Waals surface area contributed by atoms with Crippen LogP contribution in [0.1, 0.15) is 61.8 Å². The minimum atomic E-state index is -4.43. The predicted molar refractivity (Wildman–Crippen MR) is 156 cm³/mol. The van der Waals surface area contributed by atoms with Gasteiger partial charge >= 0.3 is 221 Å². The molecule has 3 aromatic carbocycles. The van der Waals surface area contributed by atoms with E-state index in [-0.39, 0.29) is 7.25 Å². The second kappa shape index (κ2) is 9.60. The van der Waals surface area contributed by atoms with Crippen molar-refractivity contribution < 1.29 is 15.6 Å². The first-order chi connectivity index (χ1) is 16.7. The fraction of sp³-hybridized carbons (Fsp3) is 0.290. The van der Waals surface area contributed by atoms with Crippen LogP contribution in [0.5, 0.6) is 0 Å². The Kier molecular flexibility index (Phi) is 6.99. The van der Waals surface area contributed by atoms with Crippen molar-refractivity contribution in [3.05, 3.63) is 106 Å². The Morgan fingerprint density at radius 3 is 2.31 bits per heavy atom. The van der Waals surface area contributed by atoms with Gasteiger partial charge in [0.1, 0.15) is 0 Å². The van der Waals surface area contributed by atoms with Crippen LogP contribution in [0.15, 0.2) is 78.4 Å². The SMILES string of the molecule is CCCCc1ccc(-c2cccc3c2C=C(C)[CH]3[Zr]([Cl])([Cl])([CH]2C=Cc3ccccc32)[SiH](C)C)cc1. The van der Waals surface area contributed by atoms with Crippen molar-refractivity contribution in [3.63, 3.8) is 0 Å². The van der Waals surface area contributed by atoms with Crippen LogP contribution < -0.4 is 0 Å². The molecule has 0 saturated carbocycles. The van der Waals surface area contributed by atoms with Crippen LogP contribution in [-0.2, 0) is 22.0 Å². The molecule has 0 bridgehead atoms. The molecular weight excluding hydrogens is 563 g/mol. The number of aryl methyl sites for hydroxylation is 1. The quantitative estimate of drug-likeness (QED) is 0.238. The van der Waals surface area contributed by atoms with Gasteiger partial charge in [-0.2, -0.15) is 0 Å². The van der Waals surface area contributed by atoms with Gasteiger partial charge in [-0.05, 0) is 0 Å². The van der Waals surface area contributed by atoms with Crippen LogP contribution in [-0.4, -0.2) is 5.92 Å². The molecule has 0 amide bonds. The first kappa shape index (κ1) is 25.5. The normalized spacial score (nSPS) is 19.9.